The molecule has 1 fully saturated rings. The molecule has 0 aliphatic heterocycles. The second kappa shape index (κ2) is 9.19. The van der Waals surface area contributed by atoms with E-state index in [9.17, 15) is 13.2 Å². The summed E-state index contributed by atoms with van der Waals surface area (Å²) in [4.78, 5) is 22.0. The van der Waals surface area contributed by atoms with Gasteiger partial charge in [0.05, 0.1) is 30.4 Å². The van der Waals surface area contributed by atoms with Gasteiger partial charge in [-0.25, -0.2) is 29.6 Å². The first-order valence-electron chi connectivity index (χ1n) is 12.2. The van der Waals surface area contributed by atoms with Crippen molar-refractivity contribution in [1.29, 1.82) is 0 Å². The molecule has 0 radical (unpaired) electrons. The van der Waals surface area contributed by atoms with Crippen molar-refractivity contribution in [1.82, 2.24) is 39.3 Å². The third-order valence-electron chi connectivity index (χ3n) is 6.40. The topological polar surface area (TPSA) is 96.4 Å². The van der Waals surface area contributed by atoms with Crippen LogP contribution in [-0.2, 0) is 19.8 Å². The van der Waals surface area contributed by atoms with Crippen molar-refractivity contribution >= 4 is 11.0 Å². The van der Waals surface area contributed by atoms with Gasteiger partial charge < -0.3 is 9.30 Å². The maximum absolute atomic E-state index is 13.1. The number of rotatable bonds is 7. The van der Waals surface area contributed by atoms with Crippen LogP contribution in [0.1, 0.15) is 42.6 Å². The molecule has 6 rings (SSSR count). The summed E-state index contributed by atoms with van der Waals surface area (Å²) in [6.07, 6.45) is 3.55. The molecule has 0 amide bonds. The molecule has 1 aromatic carbocycles. The van der Waals surface area contributed by atoms with E-state index in [1.807, 2.05) is 19.1 Å². The zero-order valence-electron chi connectivity index (χ0n) is 20.6. The van der Waals surface area contributed by atoms with Crippen molar-refractivity contribution in [2.75, 3.05) is 6.61 Å². The van der Waals surface area contributed by atoms with E-state index in [4.69, 9.17) is 9.72 Å². The molecule has 0 atom stereocenters. The van der Waals surface area contributed by atoms with Gasteiger partial charge >= 0.3 is 6.18 Å². The third kappa shape index (κ3) is 4.46. The number of hydrogen-bond acceptors (Lipinski definition) is 7. The number of aryl methyl sites for hydroxylation is 1. The van der Waals surface area contributed by atoms with Crippen molar-refractivity contribution in [3.8, 4) is 28.7 Å². The van der Waals surface area contributed by atoms with Gasteiger partial charge in [0.2, 0.25) is 5.88 Å². The Labute approximate surface area is 215 Å². The Morgan fingerprint density at radius 3 is 2.50 bits per heavy atom. The average Bonchev–Trinajstić information content (AvgIpc) is 3.56. The molecule has 0 N–H and O–H groups in total. The predicted octanol–water partition coefficient (Wildman–Crippen LogP) is 5.03. The molecule has 1 aliphatic carbocycles. The van der Waals surface area contributed by atoms with E-state index in [0.29, 0.717) is 47.5 Å². The zero-order chi connectivity index (χ0) is 26.4. The number of ether oxygens (including phenoxy) is 1. The minimum Gasteiger partial charge on any atom is -0.477 e. The van der Waals surface area contributed by atoms with E-state index >= 15 is 0 Å². The van der Waals surface area contributed by atoms with Gasteiger partial charge in [0.25, 0.3) is 0 Å². The normalized spacial score (nSPS) is 13.8. The van der Waals surface area contributed by atoms with Crippen LogP contribution < -0.4 is 4.74 Å². The number of fused-ring (bicyclic) bond motifs is 1. The van der Waals surface area contributed by atoms with Crippen molar-refractivity contribution in [3.63, 3.8) is 0 Å². The third-order valence-corrected chi connectivity index (χ3v) is 6.40. The fourth-order valence-electron chi connectivity index (χ4n) is 4.41. The summed E-state index contributed by atoms with van der Waals surface area (Å²) in [5.41, 5.74) is 2.82. The highest BCUT2D eigenvalue weighted by molar-refractivity contribution is 5.77. The highest BCUT2D eigenvalue weighted by Crippen LogP contribution is 2.45. The van der Waals surface area contributed by atoms with E-state index in [1.165, 1.54) is 10.9 Å². The predicted molar refractivity (Wildman–Crippen MR) is 132 cm³/mol. The highest BCUT2D eigenvalue weighted by Gasteiger charge is 2.34. The molecule has 0 bridgehead atoms. The van der Waals surface area contributed by atoms with E-state index < -0.39 is 11.9 Å². The number of aromatic nitrogens is 8. The van der Waals surface area contributed by atoms with E-state index in [-0.39, 0.29) is 5.82 Å². The number of benzene rings is 1. The number of imidazole rings is 1. The lowest BCUT2D eigenvalue weighted by atomic mass is 10.1. The standard InChI is InChI=1S/C26H23F3N8O/c1-3-38-25-20(21(16-8-9-16)31-14-32-25)22-30-10-18-11-33-37(24(18)35-22)12-15-4-6-17(7-5-15)23-34-19(13-36(23)2)26(27,28)29/h4-7,10-11,13-14,16H,3,8-9,12H2,1-2H3. The van der Waals surface area contributed by atoms with E-state index in [0.717, 1.165) is 35.7 Å². The first-order valence-corrected chi connectivity index (χ1v) is 12.2. The van der Waals surface area contributed by atoms with Gasteiger partial charge in [-0.05, 0) is 25.3 Å². The molecule has 9 nitrogen and oxygen atoms in total. The summed E-state index contributed by atoms with van der Waals surface area (Å²) in [5.74, 6) is 1.54. The number of nitrogens with zero attached hydrogens (tertiary/aromatic N) is 8. The van der Waals surface area contributed by atoms with E-state index in [2.05, 4.69) is 25.0 Å². The minimum absolute atomic E-state index is 0.243. The van der Waals surface area contributed by atoms with Gasteiger partial charge in [-0.15, -0.1) is 0 Å². The molecule has 0 unspecified atom stereocenters. The Hall–Kier alpha value is -4.35. The lowest BCUT2D eigenvalue weighted by molar-refractivity contribution is -0.140. The molecule has 1 aliphatic rings. The molecule has 194 valence electrons. The Morgan fingerprint density at radius 1 is 1.03 bits per heavy atom. The summed E-state index contributed by atoms with van der Waals surface area (Å²) < 4.78 is 48.1. The minimum atomic E-state index is -4.49. The first kappa shape index (κ1) is 24.0. The smallest absolute Gasteiger partial charge is 0.434 e. The fourth-order valence-corrected chi connectivity index (χ4v) is 4.41. The molecule has 5 aromatic rings. The molecule has 4 heterocycles. The van der Waals surface area contributed by atoms with E-state index in [1.54, 1.807) is 36.3 Å². The molecular formula is C26H23F3N8O. The quantitative estimate of drug-likeness (QED) is 0.297. The summed E-state index contributed by atoms with van der Waals surface area (Å²) in [5, 5.41) is 5.27. The van der Waals surface area contributed by atoms with Crippen LogP contribution >= 0.6 is 0 Å². The van der Waals surface area contributed by atoms with Gasteiger partial charge in [-0.2, -0.15) is 18.3 Å². The Kier molecular flexibility index (Phi) is 5.81. The SMILES string of the molecule is CCOc1ncnc(C2CC2)c1-c1ncc2cnn(Cc3ccc(-c4nc(C(F)(F)F)cn4C)cc3)c2n1. The molecule has 12 heteroatoms. The molecular weight excluding hydrogens is 497 g/mol. The van der Waals surface area contributed by atoms with Gasteiger partial charge in [0, 0.05) is 30.9 Å². The molecule has 1 saturated carbocycles. The van der Waals surface area contributed by atoms with Crippen LogP contribution in [0.2, 0.25) is 0 Å². The largest absolute Gasteiger partial charge is 0.477 e. The zero-order valence-corrected chi connectivity index (χ0v) is 20.6. The van der Waals surface area contributed by atoms with Crippen LogP contribution in [-0.4, -0.2) is 45.9 Å². The second-order valence-electron chi connectivity index (χ2n) is 9.18. The molecule has 0 saturated heterocycles. The molecule has 4 aromatic heterocycles. The van der Waals surface area contributed by atoms with Crippen LogP contribution in [0.3, 0.4) is 0 Å². The van der Waals surface area contributed by atoms with Crippen LogP contribution in [0.5, 0.6) is 5.88 Å². The molecule has 0 spiro atoms. The lowest BCUT2D eigenvalue weighted by Gasteiger charge is -2.12. The number of alkyl halides is 3. The van der Waals surface area contributed by atoms with Gasteiger partial charge in [0.15, 0.2) is 17.2 Å². The Balaban J connectivity index is 1.31. The molecule has 38 heavy (non-hydrogen) atoms. The summed E-state index contributed by atoms with van der Waals surface area (Å²) in [7, 11) is 1.54. The summed E-state index contributed by atoms with van der Waals surface area (Å²) in [6.45, 7) is 2.77. The highest BCUT2D eigenvalue weighted by atomic mass is 19.4. The van der Waals surface area contributed by atoms with Crippen LogP contribution in [0.15, 0.2) is 49.2 Å². The Bertz CT molecular complexity index is 1620. The Morgan fingerprint density at radius 2 is 1.82 bits per heavy atom. The van der Waals surface area contributed by atoms with Gasteiger partial charge in [-0.1, -0.05) is 24.3 Å². The average molecular weight is 521 g/mol. The van der Waals surface area contributed by atoms with Crippen LogP contribution in [0, 0.1) is 0 Å². The first-order chi connectivity index (χ1) is 18.3. The van der Waals surface area contributed by atoms with Crippen molar-refractivity contribution in [2.24, 2.45) is 7.05 Å². The fraction of sp³-hybridized carbons (Fsp3) is 0.308. The van der Waals surface area contributed by atoms with Crippen LogP contribution in [0.25, 0.3) is 33.8 Å². The van der Waals surface area contributed by atoms with Crippen molar-refractivity contribution in [3.05, 3.63) is 66.1 Å². The second-order valence-corrected chi connectivity index (χ2v) is 9.18. The number of hydrogen-bond donors (Lipinski definition) is 0. The summed E-state index contributed by atoms with van der Waals surface area (Å²) >= 11 is 0. The number of halogens is 3. The monoisotopic (exact) mass is 520 g/mol. The maximum atomic E-state index is 13.1. The summed E-state index contributed by atoms with van der Waals surface area (Å²) in [6, 6.07) is 7.19. The van der Waals surface area contributed by atoms with Crippen molar-refractivity contribution in [2.45, 2.75) is 38.4 Å². The lowest BCUT2D eigenvalue weighted by Crippen LogP contribution is -2.06. The van der Waals surface area contributed by atoms with Gasteiger partial charge in [0.1, 0.15) is 17.7 Å². The maximum Gasteiger partial charge on any atom is 0.434 e. The van der Waals surface area contributed by atoms with Crippen LogP contribution in [0.4, 0.5) is 13.2 Å². The van der Waals surface area contributed by atoms with Gasteiger partial charge in [-0.3, -0.25) is 0 Å². The van der Waals surface area contributed by atoms with Crippen molar-refractivity contribution < 1.29 is 17.9 Å².